The van der Waals surface area contributed by atoms with Crippen LogP contribution in [0.1, 0.15) is 63.2 Å². The Bertz CT molecular complexity index is 789. The summed E-state index contributed by atoms with van der Waals surface area (Å²) in [4.78, 5) is 0. The maximum atomic E-state index is 10.9. The number of hydrogen-bond acceptors (Lipinski definition) is 5. The van der Waals surface area contributed by atoms with Gasteiger partial charge in [-0.1, -0.05) is 32.1 Å². The molecular formula is C24H34N2O3. The topological polar surface area (TPSA) is 84.8 Å². The van der Waals surface area contributed by atoms with Crippen molar-refractivity contribution in [2.45, 2.75) is 70.7 Å². The average molecular weight is 399 g/mol. The van der Waals surface area contributed by atoms with Crippen molar-refractivity contribution in [1.29, 1.82) is 0 Å². The lowest BCUT2D eigenvalue weighted by Crippen LogP contribution is -2.32. The SMILES string of the molecule is CCC1=CC2CC(NC[C@H](O)c3ccc(O)c4c3CCC(O)N4)CC2C=C1CC. The zero-order valence-electron chi connectivity index (χ0n) is 17.5. The number of phenolic OH excluding ortho intramolecular Hbond substituents is 1. The number of allylic oxidation sites excluding steroid dienone is 4. The third kappa shape index (κ3) is 4.09. The van der Waals surface area contributed by atoms with E-state index < -0.39 is 12.3 Å². The Balaban J connectivity index is 1.40. The first-order valence-electron chi connectivity index (χ1n) is 11.1. The summed E-state index contributed by atoms with van der Waals surface area (Å²) < 4.78 is 0. The lowest BCUT2D eigenvalue weighted by molar-refractivity contribution is 0.165. The Kier molecular flexibility index (Phi) is 6.00. The van der Waals surface area contributed by atoms with Gasteiger partial charge in [-0.25, -0.2) is 0 Å². The van der Waals surface area contributed by atoms with E-state index in [9.17, 15) is 15.3 Å². The molecule has 0 bridgehead atoms. The van der Waals surface area contributed by atoms with Crippen LogP contribution in [0.2, 0.25) is 0 Å². The molecule has 0 radical (unpaired) electrons. The number of benzene rings is 1. The summed E-state index contributed by atoms with van der Waals surface area (Å²) in [6.45, 7) is 4.98. The Morgan fingerprint density at radius 1 is 1.10 bits per heavy atom. The van der Waals surface area contributed by atoms with Crippen LogP contribution in [0.3, 0.4) is 0 Å². The molecule has 29 heavy (non-hydrogen) atoms. The number of aliphatic hydroxyl groups is 2. The Morgan fingerprint density at radius 2 is 1.76 bits per heavy atom. The summed E-state index contributed by atoms with van der Waals surface area (Å²) in [6, 6.07) is 3.82. The molecule has 0 saturated heterocycles. The summed E-state index contributed by atoms with van der Waals surface area (Å²) >= 11 is 0. The fourth-order valence-corrected chi connectivity index (χ4v) is 5.38. The van der Waals surface area contributed by atoms with Crippen LogP contribution in [0, 0.1) is 11.8 Å². The number of fused-ring (bicyclic) bond motifs is 2. The fraction of sp³-hybridized carbons (Fsp3) is 0.583. The second-order valence-electron chi connectivity index (χ2n) is 8.74. The molecule has 1 fully saturated rings. The van der Waals surface area contributed by atoms with Gasteiger partial charge in [-0.2, -0.15) is 0 Å². The Labute approximate surface area is 173 Å². The van der Waals surface area contributed by atoms with Gasteiger partial charge in [-0.15, -0.1) is 0 Å². The summed E-state index contributed by atoms with van der Waals surface area (Å²) in [7, 11) is 0. The van der Waals surface area contributed by atoms with E-state index >= 15 is 0 Å². The van der Waals surface area contributed by atoms with Gasteiger partial charge in [0.1, 0.15) is 12.0 Å². The minimum atomic E-state index is -0.650. The van der Waals surface area contributed by atoms with Crippen molar-refractivity contribution in [2.75, 3.05) is 11.9 Å². The van der Waals surface area contributed by atoms with Crippen LogP contribution in [0.25, 0.3) is 0 Å². The highest BCUT2D eigenvalue weighted by Crippen LogP contribution is 2.42. The molecule has 0 amide bonds. The highest BCUT2D eigenvalue weighted by Gasteiger charge is 2.34. The molecule has 2 aliphatic carbocycles. The number of aromatic hydroxyl groups is 1. The molecule has 4 atom stereocenters. The standard InChI is InChI=1S/C24H34N2O3/c1-3-14-9-16-11-18(12-17(16)10-15(14)4-2)25-13-22(28)19-5-7-21(27)24-20(19)6-8-23(29)26-24/h5,7,9-10,16-18,22-23,25-29H,3-4,6,8,11-13H2,1-2H3/t16?,17?,18?,22-,23?/m0/s1. The molecule has 5 heteroatoms. The molecule has 3 unspecified atom stereocenters. The molecule has 5 N–H and O–H groups in total. The molecule has 1 aliphatic heterocycles. The molecule has 4 rings (SSSR count). The maximum Gasteiger partial charge on any atom is 0.139 e. The first-order chi connectivity index (χ1) is 14.0. The van der Waals surface area contributed by atoms with Gasteiger partial charge in [0.05, 0.1) is 11.8 Å². The number of aliphatic hydroxyl groups excluding tert-OH is 2. The van der Waals surface area contributed by atoms with Crippen LogP contribution in [-0.2, 0) is 6.42 Å². The molecule has 1 saturated carbocycles. The van der Waals surface area contributed by atoms with E-state index in [1.165, 1.54) is 11.1 Å². The van der Waals surface area contributed by atoms with E-state index in [2.05, 4.69) is 36.6 Å². The van der Waals surface area contributed by atoms with Crippen LogP contribution in [0.5, 0.6) is 5.75 Å². The highest BCUT2D eigenvalue weighted by atomic mass is 16.3. The van der Waals surface area contributed by atoms with Crippen molar-refractivity contribution in [3.05, 3.63) is 46.6 Å². The van der Waals surface area contributed by atoms with Gasteiger partial charge in [0, 0.05) is 12.6 Å². The van der Waals surface area contributed by atoms with Crippen LogP contribution in [-0.4, -0.2) is 34.1 Å². The summed E-state index contributed by atoms with van der Waals surface area (Å²) in [5, 5.41) is 37.3. The van der Waals surface area contributed by atoms with Crippen molar-refractivity contribution >= 4 is 5.69 Å². The molecule has 158 valence electrons. The monoisotopic (exact) mass is 398 g/mol. The number of phenols is 1. The smallest absolute Gasteiger partial charge is 0.139 e. The van der Waals surface area contributed by atoms with E-state index in [-0.39, 0.29) is 5.75 Å². The largest absolute Gasteiger partial charge is 0.506 e. The van der Waals surface area contributed by atoms with Crippen molar-refractivity contribution in [3.63, 3.8) is 0 Å². The van der Waals surface area contributed by atoms with Crippen LogP contribution < -0.4 is 10.6 Å². The molecule has 0 aromatic heterocycles. The summed E-state index contributed by atoms with van der Waals surface area (Å²) in [5.41, 5.74) is 5.33. The van der Waals surface area contributed by atoms with Gasteiger partial charge in [0.25, 0.3) is 0 Å². The zero-order valence-corrected chi connectivity index (χ0v) is 17.5. The Morgan fingerprint density at radius 3 is 2.38 bits per heavy atom. The predicted molar refractivity (Wildman–Crippen MR) is 116 cm³/mol. The molecule has 1 aromatic rings. The van der Waals surface area contributed by atoms with Crippen LogP contribution in [0.15, 0.2) is 35.4 Å². The third-order valence-corrected chi connectivity index (χ3v) is 6.93. The molecular weight excluding hydrogens is 364 g/mol. The second kappa shape index (κ2) is 8.50. The van der Waals surface area contributed by atoms with E-state index in [0.29, 0.717) is 43.0 Å². The van der Waals surface area contributed by atoms with Crippen LogP contribution >= 0.6 is 0 Å². The third-order valence-electron chi connectivity index (χ3n) is 6.93. The first kappa shape index (κ1) is 20.5. The van der Waals surface area contributed by atoms with E-state index in [4.69, 9.17) is 0 Å². The van der Waals surface area contributed by atoms with Gasteiger partial charge in [-0.3, -0.25) is 0 Å². The Hall–Kier alpha value is -1.82. The normalized spacial score (nSPS) is 29.4. The number of rotatable bonds is 6. The summed E-state index contributed by atoms with van der Waals surface area (Å²) in [6.07, 6.45) is 9.38. The van der Waals surface area contributed by atoms with E-state index in [0.717, 1.165) is 36.8 Å². The minimum Gasteiger partial charge on any atom is -0.506 e. The molecule has 5 nitrogen and oxygen atoms in total. The summed E-state index contributed by atoms with van der Waals surface area (Å²) in [5.74, 6) is 1.35. The molecule has 1 aromatic carbocycles. The number of anilines is 1. The number of hydrogen-bond donors (Lipinski definition) is 5. The average Bonchev–Trinajstić information content (AvgIpc) is 3.13. The van der Waals surface area contributed by atoms with Crippen LogP contribution in [0.4, 0.5) is 5.69 Å². The molecule has 1 heterocycles. The van der Waals surface area contributed by atoms with Gasteiger partial charge >= 0.3 is 0 Å². The van der Waals surface area contributed by atoms with Crippen molar-refractivity contribution in [1.82, 2.24) is 5.32 Å². The molecule has 0 spiro atoms. The van der Waals surface area contributed by atoms with Crippen molar-refractivity contribution < 1.29 is 15.3 Å². The maximum absolute atomic E-state index is 10.9. The predicted octanol–water partition coefficient (Wildman–Crippen LogP) is 3.77. The zero-order chi connectivity index (χ0) is 20.5. The van der Waals surface area contributed by atoms with Gasteiger partial charge in [-0.05, 0) is 78.7 Å². The van der Waals surface area contributed by atoms with E-state index in [1.54, 1.807) is 12.1 Å². The van der Waals surface area contributed by atoms with Gasteiger partial charge in [0.15, 0.2) is 0 Å². The minimum absolute atomic E-state index is 0.125. The fourth-order valence-electron chi connectivity index (χ4n) is 5.38. The van der Waals surface area contributed by atoms with Crippen molar-refractivity contribution in [2.24, 2.45) is 11.8 Å². The van der Waals surface area contributed by atoms with Gasteiger partial charge in [0.2, 0.25) is 0 Å². The highest BCUT2D eigenvalue weighted by molar-refractivity contribution is 5.66. The number of nitrogens with one attached hydrogen (secondary N) is 2. The molecule has 3 aliphatic rings. The first-order valence-corrected chi connectivity index (χ1v) is 11.1. The quantitative estimate of drug-likeness (QED) is 0.471. The van der Waals surface area contributed by atoms with Gasteiger partial charge < -0.3 is 26.0 Å². The lowest BCUT2D eigenvalue weighted by atomic mass is 9.82. The van der Waals surface area contributed by atoms with E-state index in [1.807, 2.05) is 0 Å². The second-order valence-corrected chi connectivity index (χ2v) is 8.74. The lowest BCUT2D eigenvalue weighted by Gasteiger charge is -2.28. The van der Waals surface area contributed by atoms with Crippen molar-refractivity contribution in [3.8, 4) is 5.75 Å².